The van der Waals surface area contributed by atoms with Crippen molar-refractivity contribution in [2.45, 2.75) is 45.4 Å². The fourth-order valence-electron chi connectivity index (χ4n) is 3.32. The highest BCUT2D eigenvalue weighted by Crippen LogP contribution is 2.38. The van der Waals surface area contributed by atoms with Gasteiger partial charge >= 0.3 is 0 Å². The molecule has 0 bridgehead atoms. The predicted octanol–water partition coefficient (Wildman–Crippen LogP) is 6.93. The molecule has 3 aromatic rings. The Bertz CT molecular complexity index is 1110. The van der Waals surface area contributed by atoms with Crippen molar-refractivity contribution in [1.82, 2.24) is 0 Å². The Morgan fingerprint density at radius 2 is 1.47 bits per heavy atom. The van der Waals surface area contributed by atoms with Gasteiger partial charge in [0.1, 0.15) is 17.2 Å². The lowest BCUT2D eigenvalue weighted by Crippen LogP contribution is -2.43. The van der Waals surface area contributed by atoms with E-state index in [1.165, 1.54) is 0 Å². The Morgan fingerprint density at radius 1 is 0.853 bits per heavy atom. The number of ether oxygens (including phenoxy) is 2. The van der Waals surface area contributed by atoms with E-state index in [2.05, 4.69) is 33.9 Å². The molecular formula is C28H35NO4Si. The Morgan fingerprint density at radius 3 is 2.03 bits per heavy atom. The average Bonchev–Trinajstić information content (AvgIpc) is 2.82. The number of hydrogen-bond donors (Lipinski definition) is 0. The van der Waals surface area contributed by atoms with Crippen LogP contribution in [-0.2, 0) is 6.54 Å². The van der Waals surface area contributed by atoms with Crippen molar-refractivity contribution < 1.29 is 18.7 Å². The van der Waals surface area contributed by atoms with Crippen molar-refractivity contribution in [3.05, 3.63) is 83.9 Å². The van der Waals surface area contributed by atoms with Crippen LogP contribution in [0.4, 0.5) is 5.69 Å². The van der Waals surface area contributed by atoms with Gasteiger partial charge in [-0.3, -0.25) is 4.79 Å². The van der Waals surface area contributed by atoms with Gasteiger partial charge in [-0.25, -0.2) is 0 Å². The normalized spacial score (nSPS) is 11.6. The maximum atomic E-state index is 13.5. The van der Waals surface area contributed by atoms with Crippen LogP contribution in [0.15, 0.2) is 72.8 Å². The van der Waals surface area contributed by atoms with Crippen LogP contribution < -0.4 is 18.8 Å². The van der Waals surface area contributed by atoms with Gasteiger partial charge in [0.15, 0.2) is 0 Å². The van der Waals surface area contributed by atoms with E-state index in [0.29, 0.717) is 17.9 Å². The fourth-order valence-corrected chi connectivity index (χ4v) is 4.34. The molecule has 6 heteroatoms. The molecule has 0 fully saturated rings. The first-order valence-electron chi connectivity index (χ1n) is 11.4. The van der Waals surface area contributed by atoms with Crippen molar-refractivity contribution in [2.24, 2.45) is 0 Å². The zero-order chi connectivity index (χ0) is 24.9. The summed E-state index contributed by atoms with van der Waals surface area (Å²) in [5, 5.41) is 0.0895. The molecule has 0 heterocycles. The van der Waals surface area contributed by atoms with Crippen LogP contribution in [0.1, 0.15) is 36.7 Å². The van der Waals surface area contributed by atoms with E-state index in [9.17, 15) is 4.79 Å². The van der Waals surface area contributed by atoms with Crippen molar-refractivity contribution in [1.29, 1.82) is 0 Å². The number of carbonyl (C=O) groups excluding carboxylic acids is 1. The van der Waals surface area contributed by atoms with Gasteiger partial charge in [0.05, 0.1) is 20.8 Å². The van der Waals surface area contributed by atoms with Crippen LogP contribution in [0.25, 0.3) is 0 Å². The largest absolute Gasteiger partial charge is 0.543 e. The van der Waals surface area contributed by atoms with Gasteiger partial charge in [-0.1, -0.05) is 39.0 Å². The van der Waals surface area contributed by atoms with Gasteiger partial charge in [0.2, 0.25) is 8.32 Å². The van der Waals surface area contributed by atoms with Crippen molar-refractivity contribution in [3.8, 4) is 17.2 Å². The number of benzene rings is 3. The molecule has 5 nitrogen and oxygen atoms in total. The molecule has 0 saturated carbocycles. The van der Waals surface area contributed by atoms with Crippen LogP contribution in [0.2, 0.25) is 18.1 Å². The first-order valence-corrected chi connectivity index (χ1v) is 14.3. The summed E-state index contributed by atoms with van der Waals surface area (Å²) >= 11 is 0. The van der Waals surface area contributed by atoms with E-state index in [4.69, 9.17) is 13.9 Å². The number of amides is 1. The quantitative estimate of drug-likeness (QED) is 0.330. The molecule has 0 N–H and O–H groups in total. The summed E-state index contributed by atoms with van der Waals surface area (Å²) in [7, 11) is 1.28. The number of anilines is 1. The lowest BCUT2D eigenvalue weighted by atomic mass is 10.1. The molecule has 0 spiro atoms. The van der Waals surface area contributed by atoms with Crippen LogP contribution in [0.5, 0.6) is 17.2 Å². The van der Waals surface area contributed by atoms with Gasteiger partial charge in [0, 0.05) is 22.9 Å². The SMILES string of the molecule is COc1ccc(N(Cc2ccc(O[Si](C)(C)C(C)(C)C)cc2OC)C(=O)c2ccccc2)cc1. The second-order valence-electron chi connectivity index (χ2n) is 9.79. The molecule has 180 valence electrons. The van der Waals surface area contributed by atoms with Gasteiger partial charge in [-0.05, 0) is 66.7 Å². The second-order valence-corrected chi connectivity index (χ2v) is 14.5. The number of carbonyl (C=O) groups is 1. The van der Waals surface area contributed by atoms with Crippen LogP contribution in [-0.4, -0.2) is 28.4 Å². The lowest BCUT2D eigenvalue weighted by Gasteiger charge is -2.36. The summed E-state index contributed by atoms with van der Waals surface area (Å²) in [5.41, 5.74) is 2.29. The molecule has 0 atom stereocenters. The lowest BCUT2D eigenvalue weighted by molar-refractivity contribution is 0.0985. The number of methoxy groups -OCH3 is 2. The first-order chi connectivity index (χ1) is 16.1. The highest BCUT2D eigenvalue weighted by molar-refractivity contribution is 6.74. The minimum Gasteiger partial charge on any atom is -0.543 e. The summed E-state index contributed by atoms with van der Waals surface area (Å²) in [6.45, 7) is 11.4. The van der Waals surface area contributed by atoms with Crippen LogP contribution in [0, 0.1) is 0 Å². The topological polar surface area (TPSA) is 48.0 Å². The predicted molar refractivity (Wildman–Crippen MR) is 141 cm³/mol. The molecule has 0 aliphatic rings. The molecule has 0 saturated heterocycles. The van der Waals surface area contributed by atoms with E-state index in [0.717, 1.165) is 22.7 Å². The molecule has 0 aliphatic carbocycles. The summed E-state index contributed by atoms with van der Waals surface area (Å²) in [4.78, 5) is 15.3. The molecule has 0 radical (unpaired) electrons. The standard InChI is InChI=1S/C28H35NO4Si/c1-28(2,3)34(6,7)33-25-16-13-22(26(19-25)32-5)20-29(23-14-17-24(31-4)18-15-23)27(30)21-11-9-8-10-12-21/h8-19H,20H2,1-7H3. The zero-order valence-corrected chi connectivity index (χ0v) is 22.2. The van der Waals surface area contributed by atoms with E-state index in [1.807, 2.05) is 72.8 Å². The van der Waals surface area contributed by atoms with Crippen LogP contribution in [0.3, 0.4) is 0 Å². The monoisotopic (exact) mass is 477 g/mol. The number of hydrogen-bond acceptors (Lipinski definition) is 4. The first kappa shape index (κ1) is 25.4. The van der Waals surface area contributed by atoms with E-state index < -0.39 is 8.32 Å². The summed E-state index contributed by atoms with van der Waals surface area (Å²) in [5.74, 6) is 2.13. The van der Waals surface area contributed by atoms with E-state index >= 15 is 0 Å². The average molecular weight is 478 g/mol. The Hall–Kier alpha value is -3.25. The molecule has 34 heavy (non-hydrogen) atoms. The maximum Gasteiger partial charge on any atom is 0.258 e. The summed E-state index contributed by atoms with van der Waals surface area (Å²) in [6, 6.07) is 22.7. The third kappa shape index (κ3) is 5.80. The highest BCUT2D eigenvalue weighted by atomic mass is 28.4. The molecule has 0 aromatic heterocycles. The number of rotatable bonds is 8. The Kier molecular flexibility index (Phi) is 7.72. The Labute approximate surface area is 204 Å². The summed E-state index contributed by atoms with van der Waals surface area (Å²) < 4.78 is 17.5. The van der Waals surface area contributed by atoms with Crippen molar-refractivity contribution >= 4 is 19.9 Å². The van der Waals surface area contributed by atoms with Gasteiger partial charge in [0.25, 0.3) is 5.91 Å². The van der Waals surface area contributed by atoms with Gasteiger partial charge in [-0.2, -0.15) is 0 Å². The smallest absolute Gasteiger partial charge is 0.258 e. The summed E-state index contributed by atoms with van der Waals surface area (Å²) in [6.07, 6.45) is 0. The third-order valence-electron chi connectivity index (χ3n) is 6.42. The molecule has 0 aliphatic heterocycles. The fraction of sp³-hybridized carbons (Fsp3) is 0.321. The zero-order valence-electron chi connectivity index (χ0n) is 21.2. The minimum atomic E-state index is -1.99. The highest BCUT2D eigenvalue weighted by Gasteiger charge is 2.39. The van der Waals surface area contributed by atoms with E-state index in [1.54, 1.807) is 19.1 Å². The second kappa shape index (κ2) is 10.3. The molecular weight excluding hydrogens is 442 g/mol. The molecule has 1 amide bonds. The van der Waals surface area contributed by atoms with Gasteiger partial charge < -0.3 is 18.8 Å². The number of nitrogens with zero attached hydrogens (tertiary/aromatic N) is 1. The van der Waals surface area contributed by atoms with E-state index in [-0.39, 0.29) is 10.9 Å². The molecule has 3 rings (SSSR count). The Balaban J connectivity index is 1.95. The third-order valence-corrected chi connectivity index (χ3v) is 10.8. The van der Waals surface area contributed by atoms with Crippen LogP contribution >= 0.6 is 0 Å². The minimum absolute atomic E-state index is 0.0885. The van der Waals surface area contributed by atoms with Crippen molar-refractivity contribution in [2.75, 3.05) is 19.1 Å². The maximum absolute atomic E-state index is 13.5. The molecule has 0 unspecified atom stereocenters. The van der Waals surface area contributed by atoms with Gasteiger partial charge in [-0.15, -0.1) is 0 Å². The van der Waals surface area contributed by atoms with Crippen molar-refractivity contribution in [3.63, 3.8) is 0 Å². The molecule has 3 aromatic carbocycles.